The van der Waals surface area contributed by atoms with Gasteiger partial charge in [0.1, 0.15) is 0 Å². The van der Waals surface area contributed by atoms with Crippen LogP contribution in [-0.4, -0.2) is 12.8 Å². The average molecular weight is 207 g/mol. The van der Waals surface area contributed by atoms with Gasteiger partial charge in [0.25, 0.3) is 0 Å². The lowest BCUT2D eigenvalue weighted by atomic mass is 10.1. The minimum absolute atomic E-state index is 0.567. The molecule has 0 unspecified atom stereocenters. The molecule has 0 radical (unpaired) electrons. The molecule has 0 N–H and O–H groups in total. The number of hydrogen-bond donors (Lipinski definition) is 0. The molecule has 0 aliphatic rings. The van der Waals surface area contributed by atoms with Crippen LogP contribution in [0.1, 0.15) is 34.6 Å². The summed E-state index contributed by atoms with van der Waals surface area (Å²) in [5, 5.41) is 0. The van der Waals surface area contributed by atoms with Gasteiger partial charge in [0, 0.05) is 12.8 Å². The van der Waals surface area contributed by atoms with E-state index in [1.165, 1.54) is 0 Å². The van der Waals surface area contributed by atoms with Crippen LogP contribution in [0.15, 0.2) is 41.4 Å². The Labute approximate surface area is 95.3 Å². The van der Waals surface area contributed by atoms with Gasteiger partial charge in [0.2, 0.25) is 0 Å². The van der Waals surface area contributed by atoms with Gasteiger partial charge in [0.05, 0.1) is 0 Å². The molecule has 0 amide bonds. The van der Waals surface area contributed by atoms with E-state index < -0.39 is 0 Å². The van der Waals surface area contributed by atoms with Gasteiger partial charge in [-0.15, -0.1) is 0 Å². The van der Waals surface area contributed by atoms with Gasteiger partial charge in [-0.2, -0.15) is 0 Å². The summed E-state index contributed by atoms with van der Waals surface area (Å²) in [6.45, 7) is 14.0. The molecule has 0 aliphatic heterocycles. The van der Waals surface area contributed by atoms with E-state index in [0.717, 1.165) is 11.3 Å². The second-order valence-corrected chi connectivity index (χ2v) is 3.27. The van der Waals surface area contributed by atoms with Crippen LogP contribution in [0.25, 0.3) is 0 Å². The molecule has 1 heteroatoms. The second-order valence-electron chi connectivity index (χ2n) is 3.27. The largest absolute Gasteiger partial charge is 0.293 e. The first-order valence-corrected chi connectivity index (χ1v) is 5.56. The Bertz CT molecular complexity index is 242. The Morgan fingerprint density at radius 1 is 1.27 bits per heavy atom. The third-order valence-electron chi connectivity index (χ3n) is 1.71. The highest BCUT2D eigenvalue weighted by Gasteiger charge is 1.94. The van der Waals surface area contributed by atoms with E-state index in [9.17, 15) is 0 Å². The quantitative estimate of drug-likeness (QED) is 0.478. The highest BCUT2D eigenvalue weighted by Crippen LogP contribution is 2.04. The van der Waals surface area contributed by atoms with Gasteiger partial charge in [-0.25, -0.2) is 0 Å². The van der Waals surface area contributed by atoms with Crippen molar-refractivity contribution < 1.29 is 0 Å². The molecule has 0 bridgehead atoms. The lowest BCUT2D eigenvalue weighted by Crippen LogP contribution is -1.94. The summed E-state index contributed by atoms with van der Waals surface area (Å²) in [5.41, 5.74) is 2.17. The van der Waals surface area contributed by atoms with E-state index in [0.29, 0.717) is 5.92 Å². The van der Waals surface area contributed by atoms with Gasteiger partial charge in [-0.3, -0.25) is 4.99 Å². The molecule has 0 saturated carbocycles. The summed E-state index contributed by atoms with van der Waals surface area (Å²) < 4.78 is 0. The number of nitrogens with zero attached hydrogens (tertiary/aromatic N) is 1. The van der Waals surface area contributed by atoms with Crippen LogP contribution in [0.3, 0.4) is 0 Å². The molecule has 0 aromatic heterocycles. The molecule has 0 rings (SSSR count). The van der Waals surface area contributed by atoms with E-state index in [4.69, 9.17) is 0 Å². The molecule has 0 spiro atoms. The maximum absolute atomic E-state index is 4.13. The smallest absolute Gasteiger partial charge is 0.0386 e. The van der Waals surface area contributed by atoms with Crippen LogP contribution in [0.4, 0.5) is 0 Å². The number of allylic oxidation sites excluding steroid dienone is 5. The van der Waals surface area contributed by atoms with Crippen molar-refractivity contribution in [2.24, 2.45) is 10.9 Å². The van der Waals surface area contributed by atoms with Crippen molar-refractivity contribution in [1.29, 1.82) is 0 Å². The summed E-state index contributed by atoms with van der Waals surface area (Å²) in [4.78, 5) is 4.13. The van der Waals surface area contributed by atoms with Gasteiger partial charge in [-0.1, -0.05) is 58.6 Å². The van der Waals surface area contributed by atoms with Gasteiger partial charge < -0.3 is 0 Å². The van der Waals surface area contributed by atoms with Gasteiger partial charge in [0.15, 0.2) is 0 Å². The van der Waals surface area contributed by atoms with Crippen LogP contribution in [0, 0.1) is 5.92 Å². The van der Waals surface area contributed by atoms with E-state index in [1.807, 2.05) is 26.8 Å². The van der Waals surface area contributed by atoms with E-state index in [2.05, 4.69) is 37.6 Å². The molecular formula is C14H25N. The second kappa shape index (κ2) is 11.0. The molecule has 15 heavy (non-hydrogen) atoms. The minimum atomic E-state index is 0.567. The summed E-state index contributed by atoms with van der Waals surface area (Å²) in [5.74, 6) is 0.567. The van der Waals surface area contributed by atoms with Gasteiger partial charge in [-0.05, 0) is 18.4 Å². The molecule has 0 aliphatic carbocycles. The summed E-state index contributed by atoms with van der Waals surface area (Å²) in [7, 11) is 1.80. The third kappa shape index (κ3) is 9.20. The molecule has 1 nitrogen and oxygen atoms in total. The molecule has 0 saturated heterocycles. The fraction of sp³-hybridized carbons (Fsp3) is 0.500. The number of aliphatic imine (C=N–C) groups is 1. The monoisotopic (exact) mass is 207 g/mol. The van der Waals surface area contributed by atoms with E-state index >= 15 is 0 Å². The fourth-order valence-corrected chi connectivity index (χ4v) is 0.849. The Kier molecular flexibility index (Phi) is 11.9. The maximum Gasteiger partial charge on any atom is 0.0386 e. The first kappa shape index (κ1) is 16.3. The standard InChI is InChI=1S/C12H19N.C2H6/c1-6-7-12(11(4)13-5)9-8-10(2)3;1-2/h6-10H,1H2,2-5H3;1-2H3/b9-8-,12-7+,13-11?;. The van der Waals surface area contributed by atoms with Crippen molar-refractivity contribution >= 4 is 5.71 Å². The minimum Gasteiger partial charge on any atom is -0.293 e. The zero-order chi connectivity index (χ0) is 12.3. The zero-order valence-corrected chi connectivity index (χ0v) is 11.0. The summed E-state index contributed by atoms with van der Waals surface area (Å²) in [6, 6.07) is 0. The topological polar surface area (TPSA) is 12.4 Å². The number of rotatable bonds is 4. The van der Waals surface area contributed by atoms with Crippen LogP contribution < -0.4 is 0 Å². The predicted molar refractivity (Wildman–Crippen MR) is 72.6 cm³/mol. The SMILES string of the molecule is C=C/C=C(\C=C/C(C)C)C(C)=NC.CC. The molecule has 0 aromatic rings. The van der Waals surface area contributed by atoms with E-state index in [-0.39, 0.29) is 0 Å². The first-order valence-electron chi connectivity index (χ1n) is 5.56. The van der Waals surface area contributed by atoms with Crippen molar-refractivity contribution in [1.82, 2.24) is 0 Å². The lowest BCUT2D eigenvalue weighted by Gasteiger charge is -2.00. The van der Waals surface area contributed by atoms with Crippen LogP contribution in [0.2, 0.25) is 0 Å². The molecule has 0 fully saturated rings. The molecule has 0 aromatic carbocycles. The lowest BCUT2D eigenvalue weighted by molar-refractivity contribution is 0.831. The third-order valence-corrected chi connectivity index (χ3v) is 1.71. The first-order chi connectivity index (χ1) is 7.11. The molecule has 0 atom stereocenters. The predicted octanol–water partition coefficient (Wildman–Crippen LogP) is 4.43. The molecule has 0 heterocycles. The van der Waals surface area contributed by atoms with Crippen LogP contribution in [0.5, 0.6) is 0 Å². The Morgan fingerprint density at radius 2 is 1.80 bits per heavy atom. The van der Waals surface area contributed by atoms with Crippen molar-refractivity contribution in [3.8, 4) is 0 Å². The Morgan fingerprint density at radius 3 is 2.13 bits per heavy atom. The summed E-state index contributed by atoms with van der Waals surface area (Å²) >= 11 is 0. The highest BCUT2D eigenvalue weighted by atomic mass is 14.7. The maximum atomic E-state index is 4.13. The normalized spacial score (nSPS) is 12.7. The van der Waals surface area contributed by atoms with Crippen LogP contribution >= 0.6 is 0 Å². The average Bonchev–Trinajstić information content (AvgIpc) is 2.25. The van der Waals surface area contributed by atoms with Crippen molar-refractivity contribution in [2.75, 3.05) is 7.05 Å². The Balaban J connectivity index is 0. The van der Waals surface area contributed by atoms with Crippen molar-refractivity contribution in [3.63, 3.8) is 0 Å². The zero-order valence-electron chi connectivity index (χ0n) is 11.0. The number of hydrogen-bond acceptors (Lipinski definition) is 1. The summed E-state index contributed by atoms with van der Waals surface area (Å²) in [6.07, 6.45) is 8.01. The van der Waals surface area contributed by atoms with E-state index in [1.54, 1.807) is 13.1 Å². The molecular weight excluding hydrogens is 182 g/mol. The van der Waals surface area contributed by atoms with Crippen LogP contribution in [-0.2, 0) is 0 Å². The fourth-order valence-electron chi connectivity index (χ4n) is 0.849. The van der Waals surface area contributed by atoms with Crippen molar-refractivity contribution in [3.05, 3.63) is 36.5 Å². The highest BCUT2D eigenvalue weighted by molar-refractivity contribution is 6.00. The van der Waals surface area contributed by atoms with Crippen molar-refractivity contribution in [2.45, 2.75) is 34.6 Å². The Hall–Kier alpha value is -1.11. The van der Waals surface area contributed by atoms with Gasteiger partial charge >= 0.3 is 0 Å². The molecule has 86 valence electrons.